The van der Waals surface area contributed by atoms with E-state index in [2.05, 4.69) is 19.9 Å². The van der Waals surface area contributed by atoms with Crippen molar-refractivity contribution in [2.75, 3.05) is 0 Å². The molecule has 0 radical (unpaired) electrons. The Morgan fingerprint density at radius 2 is 1.69 bits per heavy atom. The molecule has 1 atom stereocenters. The van der Waals surface area contributed by atoms with Gasteiger partial charge in [0.05, 0.1) is 10.0 Å². The molecule has 1 heterocycles. The molecule has 0 aliphatic heterocycles. The van der Waals surface area contributed by atoms with Crippen LogP contribution in [0.25, 0.3) is 0 Å². The fourth-order valence-electron chi connectivity index (χ4n) is 2.40. The monoisotopic (exact) mass is 430 g/mol. The average molecular weight is 432 g/mol. The van der Waals surface area contributed by atoms with Gasteiger partial charge in [0.25, 0.3) is 0 Å². The van der Waals surface area contributed by atoms with Crippen molar-refractivity contribution in [1.29, 1.82) is 0 Å². The van der Waals surface area contributed by atoms with Gasteiger partial charge < -0.3 is 0 Å². The zero-order chi connectivity index (χ0) is 18.9. The second-order valence-corrected chi connectivity index (χ2v) is 8.34. The molecule has 1 aromatic heterocycles. The number of hydrogen-bond donors (Lipinski definition) is 2. The Labute approximate surface area is 165 Å². The van der Waals surface area contributed by atoms with Crippen LogP contribution in [0.15, 0.2) is 47.4 Å². The van der Waals surface area contributed by atoms with E-state index in [-0.39, 0.29) is 25.8 Å². The summed E-state index contributed by atoms with van der Waals surface area (Å²) < 4.78 is 28.5. The van der Waals surface area contributed by atoms with Gasteiger partial charge in [-0.2, -0.15) is 9.82 Å². The summed E-state index contributed by atoms with van der Waals surface area (Å²) in [6.07, 6.45) is 0. The number of halogens is 3. The zero-order valence-corrected chi connectivity index (χ0v) is 16.5. The van der Waals surface area contributed by atoms with Gasteiger partial charge >= 0.3 is 0 Å². The van der Waals surface area contributed by atoms with E-state index in [4.69, 9.17) is 34.8 Å². The summed E-state index contributed by atoms with van der Waals surface area (Å²) in [4.78, 5) is 3.99. The number of sulfonamides is 1. The molecule has 0 aliphatic rings. The summed E-state index contributed by atoms with van der Waals surface area (Å²) in [5, 5.41) is 6.88. The third kappa shape index (κ3) is 4.02. The third-order valence-corrected chi connectivity index (χ3v) is 6.07. The number of rotatable bonds is 5. The molecule has 0 aliphatic carbocycles. The maximum atomic E-state index is 13.0. The Morgan fingerprint density at radius 1 is 1.08 bits per heavy atom. The molecule has 26 heavy (non-hydrogen) atoms. The van der Waals surface area contributed by atoms with E-state index in [0.717, 1.165) is 0 Å². The van der Waals surface area contributed by atoms with Crippen LogP contribution in [-0.2, 0) is 10.0 Å². The summed E-state index contributed by atoms with van der Waals surface area (Å²) in [6, 6.07) is 10.8. The van der Waals surface area contributed by atoms with Gasteiger partial charge in [-0.25, -0.2) is 13.4 Å². The van der Waals surface area contributed by atoms with Crippen molar-refractivity contribution in [3.8, 4) is 0 Å². The van der Waals surface area contributed by atoms with Gasteiger partial charge in [-0.05, 0) is 24.6 Å². The number of hydrogen-bond acceptors (Lipinski definition) is 4. The molecule has 10 heteroatoms. The van der Waals surface area contributed by atoms with Crippen LogP contribution in [-0.4, -0.2) is 23.6 Å². The van der Waals surface area contributed by atoms with Crippen molar-refractivity contribution in [3.05, 3.63) is 74.7 Å². The molecule has 2 aromatic carbocycles. The lowest BCUT2D eigenvalue weighted by atomic mass is 10.1. The lowest BCUT2D eigenvalue weighted by molar-refractivity contribution is 0.567. The molecule has 3 rings (SSSR count). The van der Waals surface area contributed by atoms with Crippen LogP contribution in [0.3, 0.4) is 0 Å². The minimum absolute atomic E-state index is 0.0759. The molecule has 0 saturated carbocycles. The first kappa shape index (κ1) is 19.1. The van der Waals surface area contributed by atoms with Gasteiger partial charge in [0, 0.05) is 5.02 Å². The molecular formula is C16H13Cl3N4O2S. The number of benzene rings is 2. The fourth-order valence-corrected chi connectivity index (χ4v) is 5.13. The van der Waals surface area contributed by atoms with Crippen LogP contribution in [0.2, 0.25) is 15.1 Å². The highest BCUT2D eigenvalue weighted by Gasteiger charge is 2.29. The minimum atomic E-state index is -4.09. The van der Waals surface area contributed by atoms with Crippen molar-refractivity contribution in [3.63, 3.8) is 0 Å². The highest BCUT2D eigenvalue weighted by molar-refractivity contribution is 7.89. The highest BCUT2D eigenvalue weighted by Crippen LogP contribution is 2.34. The standard InChI is InChI=1S/C16H13Cl3N4O2S/c1-9-20-16(22-21-9)14(10-5-3-2-4-6-10)23-26(24,25)15-12(18)7-11(17)8-13(15)19/h2-8,14,23H,1H3,(H,20,21,22). The van der Waals surface area contributed by atoms with Crippen LogP contribution in [0, 0.1) is 6.92 Å². The molecule has 3 aromatic rings. The van der Waals surface area contributed by atoms with Gasteiger partial charge in [-0.1, -0.05) is 65.1 Å². The van der Waals surface area contributed by atoms with E-state index < -0.39 is 16.1 Å². The summed E-state index contributed by atoms with van der Waals surface area (Å²) in [7, 11) is -4.09. The Balaban J connectivity index is 2.07. The van der Waals surface area contributed by atoms with E-state index in [1.165, 1.54) is 12.1 Å². The molecule has 0 spiro atoms. The first-order valence-corrected chi connectivity index (χ1v) is 10.0. The molecule has 0 amide bonds. The van der Waals surface area contributed by atoms with E-state index >= 15 is 0 Å². The molecule has 0 bridgehead atoms. The molecule has 0 saturated heterocycles. The number of nitrogens with one attached hydrogen (secondary N) is 2. The van der Waals surface area contributed by atoms with Gasteiger partial charge in [0.1, 0.15) is 16.8 Å². The van der Waals surface area contributed by atoms with E-state index in [0.29, 0.717) is 11.4 Å². The molecule has 0 fully saturated rings. The number of aromatic amines is 1. The summed E-state index contributed by atoms with van der Waals surface area (Å²) >= 11 is 18.0. The van der Waals surface area contributed by atoms with Crippen molar-refractivity contribution >= 4 is 44.8 Å². The highest BCUT2D eigenvalue weighted by atomic mass is 35.5. The van der Waals surface area contributed by atoms with Crippen LogP contribution < -0.4 is 4.72 Å². The van der Waals surface area contributed by atoms with Gasteiger partial charge in [-0.3, -0.25) is 5.10 Å². The average Bonchev–Trinajstić information content (AvgIpc) is 2.98. The van der Waals surface area contributed by atoms with Crippen LogP contribution in [0.1, 0.15) is 23.3 Å². The van der Waals surface area contributed by atoms with E-state index in [1.807, 2.05) is 6.07 Å². The number of H-pyrrole nitrogens is 1. The molecular weight excluding hydrogens is 419 g/mol. The van der Waals surface area contributed by atoms with Crippen molar-refractivity contribution in [2.45, 2.75) is 17.9 Å². The topological polar surface area (TPSA) is 87.7 Å². The minimum Gasteiger partial charge on any atom is -0.263 e. The quantitative estimate of drug-likeness (QED) is 0.635. The Morgan fingerprint density at radius 3 is 2.23 bits per heavy atom. The fraction of sp³-hybridized carbons (Fsp3) is 0.125. The van der Waals surface area contributed by atoms with Crippen LogP contribution in [0.5, 0.6) is 0 Å². The first-order chi connectivity index (χ1) is 12.3. The maximum absolute atomic E-state index is 13.0. The van der Waals surface area contributed by atoms with E-state index in [1.54, 1.807) is 31.2 Å². The largest absolute Gasteiger partial charge is 0.263 e. The Hall–Kier alpha value is -1.64. The summed E-state index contributed by atoms with van der Waals surface area (Å²) in [5.74, 6) is 0.834. The number of aromatic nitrogens is 3. The molecule has 6 nitrogen and oxygen atoms in total. The predicted octanol–water partition coefficient (Wildman–Crippen LogP) is 4.14. The molecule has 136 valence electrons. The van der Waals surface area contributed by atoms with Gasteiger partial charge in [0.2, 0.25) is 10.0 Å². The first-order valence-electron chi connectivity index (χ1n) is 7.38. The normalized spacial score (nSPS) is 12.9. The smallest absolute Gasteiger partial charge is 0.244 e. The zero-order valence-electron chi connectivity index (χ0n) is 13.4. The van der Waals surface area contributed by atoms with Crippen molar-refractivity contribution in [2.24, 2.45) is 0 Å². The van der Waals surface area contributed by atoms with E-state index in [9.17, 15) is 8.42 Å². The second-order valence-electron chi connectivity index (χ2n) is 5.44. The van der Waals surface area contributed by atoms with Gasteiger partial charge in [0.15, 0.2) is 5.82 Å². The van der Waals surface area contributed by atoms with Crippen LogP contribution >= 0.6 is 34.8 Å². The third-order valence-electron chi connectivity index (χ3n) is 3.51. The van der Waals surface area contributed by atoms with Gasteiger partial charge in [-0.15, -0.1) is 0 Å². The number of aryl methyl sites for hydroxylation is 1. The molecule has 2 N–H and O–H groups in total. The Bertz CT molecular complexity index is 1020. The SMILES string of the molecule is Cc1nc(C(NS(=O)(=O)c2c(Cl)cc(Cl)cc2Cl)c2ccccc2)n[nH]1. The lowest BCUT2D eigenvalue weighted by Gasteiger charge is -2.18. The molecule has 1 unspecified atom stereocenters. The van der Waals surface area contributed by atoms with Crippen molar-refractivity contribution < 1.29 is 8.42 Å². The lowest BCUT2D eigenvalue weighted by Crippen LogP contribution is -2.30. The Kier molecular flexibility index (Phi) is 5.55. The summed E-state index contributed by atoms with van der Waals surface area (Å²) in [5.41, 5.74) is 0.663. The van der Waals surface area contributed by atoms with Crippen molar-refractivity contribution in [1.82, 2.24) is 19.9 Å². The maximum Gasteiger partial charge on any atom is 0.244 e. The van der Waals surface area contributed by atoms with Crippen LogP contribution in [0.4, 0.5) is 0 Å². The summed E-state index contributed by atoms with van der Waals surface area (Å²) in [6.45, 7) is 1.72. The second kappa shape index (κ2) is 7.54. The number of nitrogens with zero attached hydrogens (tertiary/aromatic N) is 2. The predicted molar refractivity (Wildman–Crippen MR) is 101 cm³/mol.